The quantitative estimate of drug-likeness (QED) is 0.338. The van der Waals surface area contributed by atoms with Crippen LogP contribution >= 0.6 is 0 Å². The number of benzene rings is 2. The van der Waals surface area contributed by atoms with Crippen LogP contribution in [0.25, 0.3) is 0 Å². The van der Waals surface area contributed by atoms with Crippen LogP contribution in [0, 0.1) is 0 Å². The summed E-state index contributed by atoms with van der Waals surface area (Å²) < 4.78 is 10.7. The summed E-state index contributed by atoms with van der Waals surface area (Å²) in [4.78, 5) is 0. The Morgan fingerprint density at radius 1 is 0.964 bits per heavy atom. The van der Waals surface area contributed by atoms with Crippen molar-refractivity contribution in [1.29, 1.82) is 0 Å². The van der Waals surface area contributed by atoms with Crippen molar-refractivity contribution < 1.29 is 9.47 Å². The van der Waals surface area contributed by atoms with Gasteiger partial charge >= 0.3 is 0 Å². The first-order chi connectivity index (χ1) is 13.8. The van der Waals surface area contributed by atoms with Gasteiger partial charge in [-0.25, -0.2) is 0 Å². The highest BCUT2D eigenvalue weighted by Gasteiger charge is 2.25. The number of ether oxygens (including phenoxy) is 2. The van der Waals surface area contributed by atoms with Crippen LogP contribution in [0.3, 0.4) is 0 Å². The number of nitrogens with one attached hydrogen (secondary N) is 2. The average Bonchev–Trinajstić information content (AvgIpc) is 2.75. The Hall–Kier alpha value is -2.40. The van der Waals surface area contributed by atoms with E-state index in [1.807, 2.05) is 12.1 Å². The summed E-state index contributed by atoms with van der Waals surface area (Å²) in [7, 11) is 1.64. The van der Waals surface area contributed by atoms with Gasteiger partial charge in [0.05, 0.1) is 18.2 Å². The number of anilines is 1. The van der Waals surface area contributed by atoms with E-state index in [0.717, 1.165) is 25.1 Å². The summed E-state index contributed by atoms with van der Waals surface area (Å²) in [6.45, 7) is 1.73. The standard InChI is InChI=1S/C24H30N2O2/c1-27-20-28-19-23(21-11-5-2-6-12-21)25-18-17-24(15-9-4-10-16-24)26-22-13-7-3-8-14-22/h2-3,5-16,23,25-26H,4,17-20H2,1H3/t23-/m0/s1. The second-order valence-corrected chi connectivity index (χ2v) is 7.02. The normalized spacial score (nSPS) is 16.0. The molecule has 0 fully saturated rings. The van der Waals surface area contributed by atoms with Crippen molar-refractivity contribution in [3.05, 3.63) is 90.5 Å². The van der Waals surface area contributed by atoms with E-state index in [4.69, 9.17) is 9.47 Å². The van der Waals surface area contributed by atoms with Gasteiger partial charge in [-0.05, 0) is 37.1 Å². The first kappa shape index (κ1) is 20.3. The molecule has 0 aliphatic heterocycles. The third-order valence-corrected chi connectivity index (χ3v) is 4.87. The lowest BCUT2D eigenvalue weighted by atomic mass is 9.89. The number of hydrogen-bond donors (Lipinski definition) is 2. The second kappa shape index (κ2) is 10.8. The zero-order valence-electron chi connectivity index (χ0n) is 16.5. The number of rotatable bonds is 11. The molecule has 0 spiro atoms. The van der Waals surface area contributed by atoms with E-state index in [1.54, 1.807) is 7.11 Å². The van der Waals surface area contributed by atoms with Crippen LogP contribution in [-0.4, -0.2) is 32.6 Å². The van der Waals surface area contributed by atoms with E-state index in [1.165, 1.54) is 5.56 Å². The van der Waals surface area contributed by atoms with E-state index < -0.39 is 0 Å². The lowest BCUT2D eigenvalue weighted by Crippen LogP contribution is -2.39. The minimum atomic E-state index is -0.179. The highest BCUT2D eigenvalue weighted by molar-refractivity contribution is 5.49. The summed E-state index contributed by atoms with van der Waals surface area (Å²) >= 11 is 0. The van der Waals surface area contributed by atoms with Crippen LogP contribution in [0.1, 0.15) is 24.4 Å². The van der Waals surface area contributed by atoms with Crippen LogP contribution in [0.4, 0.5) is 5.69 Å². The van der Waals surface area contributed by atoms with Gasteiger partial charge in [-0.2, -0.15) is 0 Å². The molecule has 0 aromatic heterocycles. The summed E-state index contributed by atoms with van der Waals surface area (Å²) in [6.07, 6.45) is 10.9. The van der Waals surface area contributed by atoms with Gasteiger partial charge in [0.25, 0.3) is 0 Å². The molecular weight excluding hydrogens is 348 g/mol. The smallest absolute Gasteiger partial charge is 0.146 e. The molecule has 0 bridgehead atoms. The number of para-hydroxylation sites is 1. The average molecular weight is 379 g/mol. The van der Waals surface area contributed by atoms with Crippen molar-refractivity contribution in [3.8, 4) is 0 Å². The van der Waals surface area contributed by atoms with Gasteiger partial charge < -0.3 is 20.1 Å². The van der Waals surface area contributed by atoms with Gasteiger partial charge in [0.2, 0.25) is 0 Å². The molecule has 0 amide bonds. The van der Waals surface area contributed by atoms with E-state index in [0.29, 0.717) is 13.4 Å². The van der Waals surface area contributed by atoms with Crippen molar-refractivity contribution in [2.24, 2.45) is 0 Å². The lowest BCUT2D eigenvalue weighted by Gasteiger charge is -2.33. The Labute approximate surface area is 168 Å². The predicted molar refractivity (Wildman–Crippen MR) is 115 cm³/mol. The molecule has 1 aliphatic carbocycles. The molecule has 0 unspecified atom stereocenters. The van der Waals surface area contributed by atoms with Gasteiger partial charge in [0.1, 0.15) is 6.79 Å². The number of hydrogen-bond acceptors (Lipinski definition) is 4. The van der Waals surface area contributed by atoms with Crippen LogP contribution in [0.2, 0.25) is 0 Å². The molecule has 2 N–H and O–H groups in total. The molecule has 0 saturated heterocycles. The van der Waals surface area contributed by atoms with Crippen LogP contribution in [-0.2, 0) is 9.47 Å². The monoisotopic (exact) mass is 378 g/mol. The molecule has 2 aromatic rings. The first-order valence-corrected chi connectivity index (χ1v) is 9.85. The van der Waals surface area contributed by atoms with E-state index in [9.17, 15) is 0 Å². The fourth-order valence-electron chi connectivity index (χ4n) is 3.45. The highest BCUT2D eigenvalue weighted by Crippen LogP contribution is 2.25. The molecule has 148 valence electrons. The molecular formula is C24H30N2O2. The Bertz CT molecular complexity index is 732. The van der Waals surface area contributed by atoms with Crippen LogP contribution < -0.4 is 10.6 Å². The topological polar surface area (TPSA) is 42.5 Å². The first-order valence-electron chi connectivity index (χ1n) is 9.85. The van der Waals surface area contributed by atoms with Crippen molar-refractivity contribution in [2.75, 3.05) is 32.4 Å². The maximum atomic E-state index is 5.63. The minimum absolute atomic E-state index is 0.127. The van der Waals surface area contributed by atoms with Gasteiger partial charge in [0, 0.05) is 12.8 Å². The zero-order valence-corrected chi connectivity index (χ0v) is 16.5. The molecule has 0 heterocycles. The van der Waals surface area contributed by atoms with Gasteiger partial charge in [-0.3, -0.25) is 0 Å². The van der Waals surface area contributed by atoms with Crippen molar-refractivity contribution in [3.63, 3.8) is 0 Å². The third kappa shape index (κ3) is 6.06. The molecule has 1 atom stereocenters. The largest absolute Gasteiger partial charge is 0.373 e. The molecule has 3 rings (SSSR count). The summed E-state index contributed by atoms with van der Waals surface area (Å²) in [5.41, 5.74) is 2.17. The predicted octanol–water partition coefficient (Wildman–Crippen LogP) is 4.69. The summed E-state index contributed by atoms with van der Waals surface area (Å²) in [5.74, 6) is 0. The van der Waals surface area contributed by atoms with Crippen LogP contribution in [0.5, 0.6) is 0 Å². The van der Waals surface area contributed by atoms with Crippen molar-refractivity contribution in [2.45, 2.75) is 24.4 Å². The summed E-state index contributed by atoms with van der Waals surface area (Å²) in [6, 6.07) is 20.9. The molecule has 2 aromatic carbocycles. The second-order valence-electron chi connectivity index (χ2n) is 7.02. The van der Waals surface area contributed by atoms with Gasteiger partial charge in [0.15, 0.2) is 0 Å². The maximum Gasteiger partial charge on any atom is 0.146 e. The molecule has 28 heavy (non-hydrogen) atoms. The van der Waals surface area contributed by atoms with E-state index in [-0.39, 0.29) is 11.6 Å². The Balaban J connectivity index is 1.63. The lowest BCUT2D eigenvalue weighted by molar-refractivity contribution is -0.0382. The van der Waals surface area contributed by atoms with Crippen molar-refractivity contribution >= 4 is 5.69 Å². The number of methoxy groups -OCH3 is 1. The van der Waals surface area contributed by atoms with E-state index in [2.05, 4.69) is 83.5 Å². The SMILES string of the molecule is COCOC[C@H](NCCC1(Nc2ccccc2)C=CCC=C1)c1ccccc1. The third-order valence-electron chi connectivity index (χ3n) is 4.87. The zero-order chi connectivity index (χ0) is 19.5. The highest BCUT2D eigenvalue weighted by atomic mass is 16.7. The van der Waals surface area contributed by atoms with Crippen molar-refractivity contribution in [1.82, 2.24) is 5.32 Å². The number of allylic oxidation sites excluding steroid dienone is 2. The Kier molecular flexibility index (Phi) is 7.85. The molecule has 4 heteroatoms. The fourth-order valence-corrected chi connectivity index (χ4v) is 3.45. The maximum absolute atomic E-state index is 5.63. The van der Waals surface area contributed by atoms with Gasteiger partial charge in [-0.15, -0.1) is 0 Å². The molecule has 1 aliphatic rings. The molecule has 0 radical (unpaired) electrons. The fraction of sp³-hybridized carbons (Fsp3) is 0.333. The Morgan fingerprint density at radius 3 is 2.32 bits per heavy atom. The Morgan fingerprint density at radius 2 is 1.64 bits per heavy atom. The minimum Gasteiger partial charge on any atom is -0.373 e. The summed E-state index contributed by atoms with van der Waals surface area (Å²) in [5, 5.41) is 7.36. The van der Waals surface area contributed by atoms with Gasteiger partial charge in [-0.1, -0.05) is 72.8 Å². The molecule has 4 nitrogen and oxygen atoms in total. The molecule has 0 saturated carbocycles. The van der Waals surface area contributed by atoms with Crippen LogP contribution in [0.15, 0.2) is 85.0 Å². The van der Waals surface area contributed by atoms with E-state index >= 15 is 0 Å².